The molecule has 0 spiro atoms. The molecule has 0 saturated heterocycles. The molecule has 1 aliphatic rings. The number of nitrogens with one attached hydrogen (secondary N) is 1. The molecule has 0 bridgehead atoms. The van der Waals surface area contributed by atoms with Gasteiger partial charge in [0.1, 0.15) is 4.90 Å². The first-order chi connectivity index (χ1) is 9.11. The van der Waals surface area contributed by atoms with E-state index in [0.717, 1.165) is 19.3 Å². The van der Waals surface area contributed by atoms with Gasteiger partial charge in [0, 0.05) is 11.1 Å². The van der Waals surface area contributed by atoms with Gasteiger partial charge < -0.3 is 0 Å². The summed E-state index contributed by atoms with van der Waals surface area (Å²) in [4.78, 5) is -0.102. The molecule has 1 fully saturated rings. The smallest absolute Gasteiger partial charge is 0.208 e. The van der Waals surface area contributed by atoms with Crippen molar-refractivity contribution >= 4 is 44.8 Å². The first kappa shape index (κ1) is 16.4. The molecule has 1 saturated carbocycles. The summed E-state index contributed by atoms with van der Waals surface area (Å²) in [5, 5.41) is 0.375. The molecule has 7 heteroatoms. The van der Waals surface area contributed by atoms with E-state index in [1.165, 1.54) is 12.1 Å². The number of halogens is 3. The molecule has 1 unspecified atom stereocenters. The lowest BCUT2D eigenvalue weighted by atomic mass is 9.92. The predicted molar refractivity (Wildman–Crippen MR) is 83.2 cm³/mol. The van der Waals surface area contributed by atoms with E-state index in [-0.39, 0.29) is 26.4 Å². The standard InChI is InChI=1S/C13H16Cl3NO2S/c1-13(2)4-3-9(7-13)17-20(18,19)12-10(15)5-8(14)6-11(12)16/h5-6,9,17H,3-4,7H2,1-2H3. The van der Waals surface area contributed by atoms with E-state index in [1.807, 2.05) is 0 Å². The predicted octanol–water partition coefficient (Wildman–Crippen LogP) is 4.50. The van der Waals surface area contributed by atoms with Crippen LogP contribution in [0.15, 0.2) is 17.0 Å². The number of hydrogen-bond acceptors (Lipinski definition) is 2. The van der Waals surface area contributed by atoms with E-state index in [4.69, 9.17) is 34.8 Å². The topological polar surface area (TPSA) is 46.2 Å². The molecule has 1 aromatic rings. The highest BCUT2D eigenvalue weighted by Crippen LogP contribution is 2.38. The van der Waals surface area contributed by atoms with E-state index >= 15 is 0 Å². The fraction of sp³-hybridized carbons (Fsp3) is 0.538. The van der Waals surface area contributed by atoms with E-state index in [1.54, 1.807) is 0 Å². The number of rotatable bonds is 3. The van der Waals surface area contributed by atoms with Crippen molar-refractivity contribution in [3.63, 3.8) is 0 Å². The lowest BCUT2D eigenvalue weighted by molar-refractivity contribution is 0.372. The minimum Gasteiger partial charge on any atom is -0.208 e. The highest BCUT2D eigenvalue weighted by molar-refractivity contribution is 7.89. The van der Waals surface area contributed by atoms with Crippen LogP contribution < -0.4 is 4.72 Å². The van der Waals surface area contributed by atoms with Gasteiger partial charge in [-0.25, -0.2) is 13.1 Å². The Morgan fingerprint density at radius 3 is 2.20 bits per heavy atom. The van der Waals surface area contributed by atoms with Gasteiger partial charge in [-0.3, -0.25) is 0 Å². The first-order valence-corrected chi connectivity index (χ1v) is 8.89. The summed E-state index contributed by atoms with van der Waals surface area (Å²) in [5.74, 6) is 0. The van der Waals surface area contributed by atoms with Gasteiger partial charge in [-0.05, 0) is 36.8 Å². The van der Waals surface area contributed by atoms with Crippen LogP contribution in [0.5, 0.6) is 0 Å². The summed E-state index contributed by atoms with van der Waals surface area (Å²) >= 11 is 17.7. The Kier molecular flexibility index (Phi) is 4.63. The summed E-state index contributed by atoms with van der Waals surface area (Å²) < 4.78 is 27.5. The van der Waals surface area contributed by atoms with Gasteiger partial charge in [-0.1, -0.05) is 48.7 Å². The second-order valence-electron chi connectivity index (χ2n) is 5.92. The molecule has 0 heterocycles. The maximum Gasteiger partial charge on any atom is 0.243 e. The van der Waals surface area contributed by atoms with Crippen molar-refractivity contribution in [3.8, 4) is 0 Å². The van der Waals surface area contributed by atoms with Gasteiger partial charge in [0.2, 0.25) is 10.0 Å². The minimum atomic E-state index is -3.74. The summed E-state index contributed by atoms with van der Waals surface area (Å²) in [5.41, 5.74) is 0.154. The van der Waals surface area contributed by atoms with Crippen LogP contribution in [0.2, 0.25) is 15.1 Å². The lowest BCUT2D eigenvalue weighted by Gasteiger charge is -2.18. The SMILES string of the molecule is CC1(C)CCC(NS(=O)(=O)c2c(Cl)cc(Cl)cc2Cl)C1. The van der Waals surface area contributed by atoms with Crippen LogP contribution in [0.25, 0.3) is 0 Å². The lowest BCUT2D eigenvalue weighted by Crippen LogP contribution is -2.33. The zero-order valence-corrected chi connectivity index (χ0v) is 14.3. The summed E-state index contributed by atoms with van der Waals surface area (Å²) in [6.45, 7) is 4.26. The molecular weight excluding hydrogens is 341 g/mol. The third kappa shape index (κ3) is 3.60. The van der Waals surface area contributed by atoms with Crippen molar-refractivity contribution in [2.75, 3.05) is 0 Å². The molecule has 0 aliphatic heterocycles. The van der Waals surface area contributed by atoms with E-state index in [0.29, 0.717) is 5.02 Å². The number of hydrogen-bond donors (Lipinski definition) is 1. The second kappa shape index (κ2) is 5.65. The van der Waals surface area contributed by atoms with Crippen molar-refractivity contribution in [1.82, 2.24) is 4.72 Å². The average Bonchev–Trinajstić information content (AvgIpc) is 2.54. The Labute approximate surface area is 134 Å². The van der Waals surface area contributed by atoms with Gasteiger partial charge in [-0.2, -0.15) is 0 Å². The molecule has 1 aliphatic carbocycles. The van der Waals surface area contributed by atoms with Crippen LogP contribution in [0.3, 0.4) is 0 Å². The van der Waals surface area contributed by atoms with Crippen molar-refractivity contribution in [3.05, 3.63) is 27.2 Å². The normalized spacial score (nSPS) is 22.1. The van der Waals surface area contributed by atoms with Crippen molar-refractivity contribution in [1.29, 1.82) is 0 Å². The zero-order chi connectivity index (χ0) is 15.1. The monoisotopic (exact) mass is 355 g/mol. The highest BCUT2D eigenvalue weighted by atomic mass is 35.5. The zero-order valence-electron chi connectivity index (χ0n) is 11.2. The van der Waals surface area contributed by atoms with Gasteiger partial charge in [-0.15, -0.1) is 0 Å². The van der Waals surface area contributed by atoms with Crippen LogP contribution in [0, 0.1) is 5.41 Å². The third-order valence-electron chi connectivity index (χ3n) is 3.52. The first-order valence-electron chi connectivity index (χ1n) is 6.28. The fourth-order valence-corrected chi connectivity index (χ4v) is 5.42. The Morgan fingerprint density at radius 1 is 1.20 bits per heavy atom. The van der Waals surface area contributed by atoms with Crippen LogP contribution in [0.4, 0.5) is 0 Å². The van der Waals surface area contributed by atoms with Crippen molar-refractivity contribution in [2.24, 2.45) is 5.41 Å². The highest BCUT2D eigenvalue weighted by Gasteiger charge is 2.34. The number of benzene rings is 1. The van der Waals surface area contributed by atoms with E-state index in [9.17, 15) is 8.42 Å². The van der Waals surface area contributed by atoms with Crippen LogP contribution in [0.1, 0.15) is 33.1 Å². The van der Waals surface area contributed by atoms with E-state index < -0.39 is 10.0 Å². The van der Waals surface area contributed by atoms with Crippen LogP contribution in [-0.4, -0.2) is 14.5 Å². The fourth-order valence-electron chi connectivity index (χ4n) is 2.60. The maximum atomic E-state index is 12.4. The minimum absolute atomic E-state index is 0.0345. The molecule has 2 rings (SSSR count). The molecular formula is C13H16Cl3NO2S. The molecule has 3 nitrogen and oxygen atoms in total. The van der Waals surface area contributed by atoms with Gasteiger partial charge in [0.25, 0.3) is 0 Å². The maximum absolute atomic E-state index is 12.4. The summed E-state index contributed by atoms with van der Waals surface area (Å²) in [6, 6.07) is 2.67. The van der Waals surface area contributed by atoms with Gasteiger partial charge in [0.15, 0.2) is 0 Å². The summed E-state index contributed by atoms with van der Waals surface area (Å²) in [6.07, 6.45) is 2.60. The molecule has 0 amide bonds. The van der Waals surface area contributed by atoms with Crippen molar-refractivity contribution < 1.29 is 8.42 Å². The Hall–Kier alpha value is -0.000000000000000111. The average molecular weight is 357 g/mol. The van der Waals surface area contributed by atoms with E-state index in [2.05, 4.69) is 18.6 Å². The third-order valence-corrected chi connectivity index (χ3v) is 6.18. The number of sulfonamides is 1. The largest absolute Gasteiger partial charge is 0.243 e. The Morgan fingerprint density at radius 2 is 1.75 bits per heavy atom. The van der Waals surface area contributed by atoms with Crippen molar-refractivity contribution in [2.45, 2.75) is 44.0 Å². The molecule has 0 radical (unpaired) electrons. The second-order valence-corrected chi connectivity index (χ2v) is 8.83. The molecule has 20 heavy (non-hydrogen) atoms. The quantitative estimate of drug-likeness (QED) is 0.866. The molecule has 1 N–H and O–H groups in total. The van der Waals surface area contributed by atoms with Gasteiger partial charge >= 0.3 is 0 Å². The molecule has 1 aromatic carbocycles. The molecule has 1 atom stereocenters. The summed E-state index contributed by atoms with van der Waals surface area (Å²) in [7, 11) is -3.74. The molecule has 0 aromatic heterocycles. The van der Waals surface area contributed by atoms with Gasteiger partial charge in [0.05, 0.1) is 10.0 Å². The Bertz CT molecular complexity index is 605. The Balaban J connectivity index is 2.28. The van der Waals surface area contributed by atoms with Crippen LogP contribution in [-0.2, 0) is 10.0 Å². The molecule has 112 valence electrons. The van der Waals surface area contributed by atoms with Crippen LogP contribution >= 0.6 is 34.8 Å².